The van der Waals surface area contributed by atoms with Crippen molar-refractivity contribution in [1.82, 2.24) is 0 Å². The van der Waals surface area contributed by atoms with Gasteiger partial charge in [0.1, 0.15) is 5.75 Å². The zero-order chi connectivity index (χ0) is 15.3. The Morgan fingerprint density at radius 2 is 1.75 bits per heavy atom. The van der Waals surface area contributed by atoms with Crippen LogP contribution in [0.5, 0.6) is 5.75 Å². The third kappa shape index (κ3) is 2.83. The molecule has 0 atom stereocenters. The molecule has 0 amide bonds. The van der Waals surface area contributed by atoms with Gasteiger partial charge in [0.05, 0.1) is 18.5 Å². The molecule has 112 valence electrons. The number of fused-ring (bicyclic) bond motifs is 1. The van der Waals surface area contributed by atoms with Crippen LogP contribution in [0.15, 0.2) is 12.1 Å². The van der Waals surface area contributed by atoms with Crippen LogP contribution in [0, 0.1) is 6.92 Å². The summed E-state index contributed by atoms with van der Waals surface area (Å²) in [6.07, 6.45) is 1.06. The van der Waals surface area contributed by atoms with Crippen LogP contribution in [0.4, 0.5) is 0 Å². The molecule has 1 aromatic carbocycles. The lowest BCUT2D eigenvalue weighted by Crippen LogP contribution is -2.40. The molecule has 0 spiro atoms. The highest BCUT2D eigenvalue weighted by Crippen LogP contribution is 2.43. The van der Waals surface area contributed by atoms with Gasteiger partial charge in [-0.2, -0.15) is 8.42 Å². The first-order valence-electron chi connectivity index (χ1n) is 6.61. The van der Waals surface area contributed by atoms with E-state index < -0.39 is 10.1 Å². The molecule has 1 aliphatic rings. The molecular formula is C15H22O4S. The molecule has 1 aliphatic heterocycles. The fourth-order valence-electron chi connectivity index (χ4n) is 2.52. The molecule has 1 heterocycles. The van der Waals surface area contributed by atoms with Crippen molar-refractivity contribution >= 4 is 10.1 Å². The predicted molar refractivity (Wildman–Crippen MR) is 78.7 cm³/mol. The molecule has 0 fully saturated rings. The van der Waals surface area contributed by atoms with E-state index in [0.717, 1.165) is 22.9 Å². The SMILES string of the molecule is Cc1cc2c(cc1OS(C)(=O)=O)C(C)(C)COC2(C)C. The first-order valence-corrected chi connectivity index (χ1v) is 8.43. The highest BCUT2D eigenvalue weighted by atomic mass is 32.2. The van der Waals surface area contributed by atoms with Gasteiger partial charge < -0.3 is 8.92 Å². The van der Waals surface area contributed by atoms with E-state index in [1.54, 1.807) is 0 Å². The van der Waals surface area contributed by atoms with Crippen molar-refractivity contribution < 1.29 is 17.3 Å². The fraction of sp³-hybridized carbons (Fsp3) is 0.600. The van der Waals surface area contributed by atoms with Crippen LogP contribution in [-0.4, -0.2) is 21.3 Å². The van der Waals surface area contributed by atoms with E-state index in [1.165, 1.54) is 0 Å². The van der Waals surface area contributed by atoms with E-state index in [9.17, 15) is 8.42 Å². The van der Waals surface area contributed by atoms with Crippen LogP contribution in [0.25, 0.3) is 0 Å². The Kier molecular flexibility index (Phi) is 3.42. The number of hydrogen-bond donors (Lipinski definition) is 0. The fourth-order valence-corrected chi connectivity index (χ4v) is 3.02. The van der Waals surface area contributed by atoms with E-state index in [0.29, 0.717) is 12.4 Å². The standard InChI is InChI=1S/C15H22O4S/c1-10-7-12-11(8-13(10)19-20(6,16)17)14(2,3)9-18-15(12,4)5/h7-8H,9H2,1-6H3. The van der Waals surface area contributed by atoms with Gasteiger partial charge in [-0.25, -0.2) is 0 Å². The maximum Gasteiger partial charge on any atom is 0.306 e. The summed E-state index contributed by atoms with van der Waals surface area (Å²) in [5, 5.41) is 0. The average molecular weight is 298 g/mol. The van der Waals surface area contributed by atoms with E-state index in [-0.39, 0.29) is 11.0 Å². The van der Waals surface area contributed by atoms with E-state index >= 15 is 0 Å². The number of rotatable bonds is 2. The monoisotopic (exact) mass is 298 g/mol. The third-order valence-corrected chi connectivity index (χ3v) is 4.21. The van der Waals surface area contributed by atoms with Gasteiger partial charge in [-0.15, -0.1) is 0 Å². The molecule has 0 radical (unpaired) electrons. The van der Waals surface area contributed by atoms with Gasteiger partial charge >= 0.3 is 10.1 Å². The smallest absolute Gasteiger partial charge is 0.306 e. The third-order valence-electron chi connectivity index (χ3n) is 3.73. The summed E-state index contributed by atoms with van der Waals surface area (Å²) in [6.45, 7) is 10.7. The van der Waals surface area contributed by atoms with Gasteiger partial charge in [0.2, 0.25) is 0 Å². The molecule has 2 rings (SSSR count). The van der Waals surface area contributed by atoms with Gasteiger partial charge in [0.25, 0.3) is 0 Å². The van der Waals surface area contributed by atoms with Crippen molar-refractivity contribution in [1.29, 1.82) is 0 Å². The van der Waals surface area contributed by atoms with Crippen molar-refractivity contribution in [3.63, 3.8) is 0 Å². The topological polar surface area (TPSA) is 52.6 Å². The molecule has 0 aromatic heterocycles. The lowest BCUT2D eigenvalue weighted by molar-refractivity contribution is -0.0588. The largest absolute Gasteiger partial charge is 0.382 e. The Balaban J connectivity index is 2.64. The van der Waals surface area contributed by atoms with Gasteiger partial charge in [0, 0.05) is 5.41 Å². The van der Waals surface area contributed by atoms with E-state index in [2.05, 4.69) is 13.8 Å². The number of aryl methyl sites for hydroxylation is 1. The Hall–Kier alpha value is -1.07. The maximum absolute atomic E-state index is 11.4. The van der Waals surface area contributed by atoms with Crippen LogP contribution < -0.4 is 4.18 Å². The molecule has 1 aromatic rings. The molecule has 0 unspecified atom stereocenters. The molecule has 0 saturated carbocycles. The predicted octanol–water partition coefficient (Wildman–Crippen LogP) is 2.88. The van der Waals surface area contributed by atoms with Gasteiger partial charge in [-0.05, 0) is 49.6 Å². The summed E-state index contributed by atoms with van der Waals surface area (Å²) in [5.41, 5.74) is 2.42. The van der Waals surface area contributed by atoms with Crippen molar-refractivity contribution in [2.75, 3.05) is 12.9 Å². The zero-order valence-corrected chi connectivity index (χ0v) is 13.7. The zero-order valence-electron chi connectivity index (χ0n) is 12.9. The molecule has 0 N–H and O–H groups in total. The van der Waals surface area contributed by atoms with Crippen LogP contribution in [0.1, 0.15) is 44.4 Å². The molecule has 0 bridgehead atoms. The van der Waals surface area contributed by atoms with Gasteiger partial charge in [0.15, 0.2) is 0 Å². The Bertz CT molecular complexity index is 642. The number of benzene rings is 1. The Labute approximate surface area is 121 Å². The first kappa shape index (κ1) is 15.3. The first-order chi connectivity index (χ1) is 8.92. The van der Waals surface area contributed by atoms with Crippen molar-refractivity contribution in [3.05, 3.63) is 28.8 Å². The minimum atomic E-state index is -3.52. The second kappa shape index (κ2) is 4.46. The lowest BCUT2D eigenvalue weighted by atomic mass is 9.75. The minimum Gasteiger partial charge on any atom is -0.382 e. The highest BCUT2D eigenvalue weighted by Gasteiger charge is 2.38. The van der Waals surface area contributed by atoms with Crippen molar-refractivity contribution in [2.45, 2.75) is 45.6 Å². The quantitative estimate of drug-likeness (QED) is 0.788. The summed E-state index contributed by atoms with van der Waals surface area (Å²) in [5.74, 6) is 0.400. The summed E-state index contributed by atoms with van der Waals surface area (Å²) < 4.78 is 33.8. The Morgan fingerprint density at radius 1 is 1.15 bits per heavy atom. The molecule has 0 saturated heterocycles. The number of hydrogen-bond acceptors (Lipinski definition) is 4. The Morgan fingerprint density at radius 3 is 2.30 bits per heavy atom. The highest BCUT2D eigenvalue weighted by molar-refractivity contribution is 7.86. The minimum absolute atomic E-state index is 0.172. The summed E-state index contributed by atoms with van der Waals surface area (Å²) in [4.78, 5) is 0. The van der Waals surface area contributed by atoms with Crippen LogP contribution in [0.3, 0.4) is 0 Å². The number of ether oxygens (including phenoxy) is 1. The maximum atomic E-state index is 11.4. The van der Waals surface area contributed by atoms with Crippen LogP contribution in [-0.2, 0) is 25.9 Å². The lowest BCUT2D eigenvalue weighted by Gasteiger charge is -2.42. The van der Waals surface area contributed by atoms with E-state index in [1.807, 2.05) is 32.9 Å². The van der Waals surface area contributed by atoms with E-state index in [4.69, 9.17) is 8.92 Å². The van der Waals surface area contributed by atoms with Gasteiger partial charge in [-0.1, -0.05) is 13.8 Å². The molecule has 4 nitrogen and oxygen atoms in total. The van der Waals surface area contributed by atoms with Crippen LogP contribution in [0.2, 0.25) is 0 Å². The second-order valence-corrected chi connectivity index (χ2v) is 8.21. The van der Waals surface area contributed by atoms with Crippen LogP contribution >= 0.6 is 0 Å². The summed E-state index contributed by atoms with van der Waals surface area (Å²) >= 11 is 0. The molecule has 5 heteroatoms. The molecular weight excluding hydrogens is 276 g/mol. The van der Waals surface area contributed by atoms with Crippen molar-refractivity contribution in [2.24, 2.45) is 0 Å². The summed E-state index contributed by atoms with van der Waals surface area (Å²) in [6, 6.07) is 3.81. The second-order valence-electron chi connectivity index (χ2n) is 6.63. The van der Waals surface area contributed by atoms with Gasteiger partial charge in [-0.3, -0.25) is 0 Å². The molecule has 0 aliphatic carbocycles. The normalized spacial score (nSPS) is 20.3. The average Bonchev–Trinajstić information content (AvgIpc) is 2.25. The summed E-state index contributed by atoms with van der Waals surface area (Å²) in [7, 11) is -3.52. The van der Waals surface area contributed by atoms with Crippen molar-refractivity contribution in [3.8, 4) is 5.75 Å². The molecule has 20 heavy (non-hydrogen) atoms.